The first kappa shape index (κ1) is 11.5. The summed E-state index contributed by atoms with van der Waals surface area (Å²) < 4.78 is 29.9. The molecule has 0 aliphatic heterocycles. The van der Waals surface area contributed by atoms with Crippen LogP contribution in [-0.2, 0) is 6.54 Å². The largest absolute Gasteiger partial charge is 0.481 e. The molecule has 0 saturated carbocycles. The Morgan fingerprint density at radius 1 is 1.67 bits per heavy atom. The van der Waals surface area contributed by atoms with Gasteiger partial charge in [0, 0.05) is 23.7 Å². The third kappa shape index (κ3) is 2.27. The molecule has 0 aliphatic carbocycles. The summed E-state index contributed by atoms with van der Waals surface area (Å²) in [6.07, 6.45) is -2.32. The molecular weight excluding hydrogens is 206 g/mol. The van der Waals surface area contributed by atoms with Crippen LogP contribution in [0.2, 0.25) is 0 Å². The Kier molecular flexibility index (Phi) is 3.68. The molecule has 15 heavy (non-hydrogen) atoms. The van der Waals surface area contributed by atoms with Gasteiger partial charge in [-0.3, -0.25) is 4.79 Å². The van der Waals surface area contributed by atoms with Crippen molar-refractivity contribution in [3.8, 4) is 5.88 Å². The lowest BCUT2D eigenvalue weighted by Gasteiger charge is -2.10. The third-order valence-corrected chi connectivity index (χ3v) is 1.93. The van der Waals surface area contributed by atoms with Gasteiger partial charge in [-0.15, -0.1) is 0 Å². The van der Waals surface area contributed by atoms with E-state index in [0.29, 0.717) is 6.29 Å². The molecule has 1 aromatic rings. The summed E-state index contributed by atoms with van der Waals surface area (Å²) in [7, 11) is 1.29. The van der Waals surface area contributed by atoms with Crippen LogP contribution in [0.15, 0.2) is 6.07 Å². The number of pyridine rings is 1. The highest BCUT2D eigenvalue weighted by atomic mass is 19.3. The maximum Gasteiger partial charge on any atom is 0.264 e. The quantitative estimate of drug-likeness (QED) is 0.770. The second-order valence-corrected chi connectivity index (χ2v) is 2.74. The molecule has 0 radical (unpaired) electrons. The SMILES string of the molecule is COc1cc(C(F)F)c(CN)c(C=O)n1. The highest BCUT2D eigenvalue weighted by Crippen LogP contribution is 2.27. The van der Waals surface area contributed by atoms with E-state index < -0.39 is 6.43 Å². The van der Waals surface area contributed by atoms with Crippen molar-refractivity contribution in [2.24, 2.45) is 5.73 Å². The summed E-state index contributed by atoms with van der Waals surface area (Å²) in [5.41, 5.74) is 4.92. The molecule has 2 N–H and O–H groups in total. The van der Waals surface area contributed by atoms with Crippen LogP contribution in [0.5, 0.6) is 5.88 Å². The molecule has 1 heterocycles. The van der Waals surface area contributed by atoms with Crippen LogP contribution in [0, 0.1) is 0 Å². The van der Waals surface area contributed by atoms with Crippen molar-refractivity contribution in [1.29, 1.82) is 0 Å². The van der Waals surface area contributed by atoms with E-state index in [9.17, 15) is 13.6 Å². The van der Waals surface area contributed by atoms with Crippen molar-refractivity contribution >= 4 is 6.29 Å². The Morgan fingerprint density at radius 3 is 2.73 bits per heavy atom. The van der Waals surface area contributed by atoms with Crippen LogP contribution in [0.4, 0.5) is 8.78 Å². The molecular formula is C9H10F2N2O2. The van der Waals surface area contributed by atoms with E-state index in [4.69, 9.17) is 10.5 Å². The van der Waals surface area contributed by atoms with E-state index in [1.54, 1.807) is 0 Å². The summed E-state index contributed by atoms with van der Waals surface area (Å²) in [6.45, 7) is -0.162. The topological polar surface area (TPSA) is 65.2 Å². The van der Waals surface area contributed by atoms with E-state index in [2.05, 4.69) is 4.98 Å². The maximum absolute atomic E-state index is 12.6. The second-order valence-electron chi connectivity index (χ2n) is 2.74. The van der Waals surface area contributed by atoms with Crippen molar-refractivity contribution in [3.05, 3.63) is 22.9 Å². The molecule has 0 saturated heterocycles. The summed E-state index contributed by atoms with van der Waals surface area (Å²) in [5, 5.41) is 0. The van der Waals surface area contributed by atoms with Gasteiger partial charge < -0.3 is 10.5 Å². The summed E-state index contributed by atoms with van der Waals surface area (Å²) >= 11 is 0. The fourth-order valence-corrected chi connectivity index (χ4v) is 1.21. The highest BCUT2D eigenvalue weighted by Gasteiger charge is 2.18. The van der Waals surface area contributed by atoms with Gasteiger partial charge in [-0.25, -0.2) is 13.8 Å². The number of alkyl halides is 2. The molecule has 0 aliphatic rings. The Balaban J connectivity index is 3.38. The van der Waals surface area contributed by atoms with Gasteiger partial charge in [0.05, 0.1) is 7.11 Å². The van der Waals surface area contributed by atoms with Crippen LogP contribution in [-0.4, -0.2) is 18.4 Å². The Morgan fingerprint density at radius 2 is 2.33 bits per heavy atom. The lowest BCUT2D eigenvalue weighted by molar-refractivity contribution is 0.111. The number of nitrogens with two attached hydrogens (primary N) is 1. The molecule has 0 atom stereocenters. The number of carbonyl (C=O) groups excluding carboxylic acids is 1. The lowest BCUT2D eigenvalue weighted by Crippen LogP contribution is -2.09. The number of rotatable bonds is 4. The minimum Gasteiger partial charge on any atom is -0.481 e. The van der Waals surface area contributed by atoms with Gasteiger partial charge >= 0.3 is 0 Å². The highest BCUT2D eigenvalue weighted by molar-refractivity contribution is 5.75. The number of ether oxygens (including phenoxy) is 1. The fourth-order valence-electron chi connectivity index (χ4n) is 1.21. The minimum atomic E-state index is -2.71. The van der Waals surface area contributed by atoms with E-state index >= 15 is 0 Å². The average Bonchev–Trinajstić information content (AvgIpc) is 2.26. The van der Waals surface area contributed by atoms with Crippen molar-refractivity contribution in [1.82, 2.24) is 4.98 Å². The fraction of sp³-hybridized carbons (Fsp3) is 0.333. The molecule has 1 aromatic heterocycles. The van der Waals surface area contributed by atoms with Gasteiger partial charge in [0.1, 0.15) is 5.69 Å². The number of aldehydes is 1. The number of carbonyl (C=O) groups is 1. The standard InChI is InChI=1S/C9H10F2N2O2/c1-15-8-2-5(9(10)11)6(3-12)7(4-14)13-8/h2,4,9H,3,12H2,1H3. The number of aromatic nitrogens is 1. The molecule has 82 valence electrons. The zero-order valence-corrected chi connectivity index (χ0v) is 8.04. The number of methoxy groups -OCH3 is 1. The molecule has 4 nitrogen and oxygen atoms in total. The number of hydrogen-bond acceptors (Lipinski definition) is 4. The van der Waals surface area contributed by atoms with E-state index in [1.807, 2.05) is 0 Å². The van der Waals surface area contributed by atoms with Gasteiger partial charge in [-0.1, -0.05) is 0 Å². The Bertz CT molecular complexity index is 369. The zero-order valence-electron chi connectivity index (χ0n) is 8.04. The predicted molar refractivity (Wildman–Crippen MR) is 49.0 cm³/mol. The Hall–Kier alpha value is -1.56. The average molecular weight is 216 g/mol. The van der Waals surface area contributed by atoms with Gasteiger partial charge in [-0.05, 0) is 0 Å². The first-order valence-electron chi connectivity index (χ1n) is 4.15. The molecule has 0 unspecified atom stereocenters. The smallest absolute Gasteiger partial charge is 0.264 e. The van der Waals surface area contributed by atoms with Gasteiger partial charge in [0.25, 0.3) is 6.43 Å². The van der Waals surface area contributed by atoms with E-state index in [1.165, 1.54) is 7.11 Å². The predicted octanol–water partition coefficient (Wildman–Crippen LogP) is 1.30. The summed E-state index contributed by atoms with van der Waals surface area (Å²) in [5.74, 6) is -0.0235. The van der Waals surface area contributed by atoms with E-state index in [0.717, 1.165) is 6.07 Å². The maximum atomic E-state index is 12.6. The molecule has 0 fully saturated rings. The molecule has 0 aromatic carbocycles. The summed E-state index contributed by atoms with van der Waals surface area (Å²) in [4.78, 5) is 14.3. The molecule has 0 amide bonds. The number of halogens is 2. The third-order valence-electron chi connectivity index (χ3n) is 1.93. The van der Waals surface area contributed by atoms with E-state index in [-0.39, 0.29) is 29.2 Å². The van der Waals surface area contributed by atoms with Crippen molar-refractivity contribution in [2.75, 3.05) is 7.11 Å². The summed E-state index contributed by atoms with van der Waals surface area (Å²) in [6, 6.07) is 1.08. The minimum absolute atomic E-state index is 0.0235. The van der Waals surface area contributed by atoms with Gasteiger partial charge in [0.2, 0.25) is 5.88 Å². The van der Waals surface area contributed by atoms with Crippen LogP contribution in [0.1, 0.15) is 28.0 Å². The van der Waals surface area contributed by atoms with Crippen molar-refractivity contribution in [2.45, 2.75) is 13.0 Å². The monoisotopic (exact) mass is 216 g/mol. The second kappa shape index (κ2) is 4.79. The molecule has 1 rings (SSSR count). The lowest BCUT2D eigenvalue weighted by atomic mass is 10.1. The first-order valence-corrected chi connectivity index (χ1v) is 4.15. The van der Waals surface area contributed by atoms with Crippen molar-refractivity contribution < 1.29 is 18.3 Å². The van der Waals surface area contributed by atoms with Crippen LogP contribution in [0.3, 0.4) is 0 Å². The van der Waals surface area contributed by atoms with Crippen molar-refractivity contribution in [3.63, 3.8) is 0 Å². The molecule has 0 spiro atoms. The van der Waals surface area contributed by atoms with Crippen LogP contribution < -0.4 is 10.5 Å². The Labute approximate surface area is 85.1 Å². The number of nitrogens with zero attached hydrogens (tertiary/aromatic N) is 1. The van der Waals surface area contributed by atoms with Crippen LogP contribution in [0.25, 0.3) is 0 Å². The normalized spacial score (nSPS) is 10.5. The van der Waals surface area contributed by atoms with Crippen LogP contribution >= 0.6 is 0 Å². The molecule has 6 heteroatoms. The first-order chi connectivity index (χ1) is 7.13. The van der Waals surface area contributed by atoms with Gasteiger partial charge in [-0.2, -0.15) is 0 Å². The molecule has 0 bridgehead atoms. The van der Waals surface area contributed by atoms with Gasteiger partial charge in [0.15, 0.2) is 6.29 Å². The zero-order chi connectivity index (χ0) is 11.4. The number of hydrogen-bond donors (Lipinski definition) is 1.